The summed E-state index contributed by atoms with van der Waals surface area (Å²) >= 11 is 0. The van der Waals surface area contributed by atoms with Crippen LogP contribution in [-0.2, 0) is 4.57 Å². The van der Waals surface area contributed by atoms with E-state index in [0.29, 0.717) is 0 Å². The average Bonchev–Trinajstić information content (AvgIpc) is 3.14. The zero-order chi connectivity index (χ0) is 30.7. The minimum absolute atomic E-state index is 0.840. The Balaban J connectivity index is 1.44. The van der Waals surface area contributed by atoms with Crippen LogP contribution in [0, 0.1) is 0 Å². The summed E-state index contributed by atoms with van der Waals surface area (Å²) in [5.41, 5.74) is 2.36. The standard InChI is InChI=1S/C44H29OP/c45-46(33-15-3-1-4-16-33,34-17-5-2-6-18-34)42-28-27-39(37-21-11-12-22-38(37)42)44-40-26-25-30-13-7-9-19-35(30)41(40)29-32-24-23-31-14-8-10-20-36(31)43(32)44/h1-29H. The van der Waals surface area contributed by atoms with Gasteiger partial charge < -0.3 is 4.57 Å². The zero-order valence-corrected chi connectivity index (χ0v) is 26.0. The SMILES string of the molecule is O=P(c1ccccc1)(c1ccccc1)c1ccc(-c2c3ccc4ccccc4c3cc3ccc4ccccc4c23)c2ccccc12. The lowest BCUT2D eigenvalue weighted by atomic mass is 9.86. The molecule has 46 heavy (non-hydrogen) atoms. The molecular formula is C44H29OP. The molecule has 9 aromatic rings. The molecule has 0 N–H and O–H groups in total. The number of benzene rings is 9. The summed E-state index contributed by atoms with van der Waals surface area (Å²) in [5, 5.41) is 14.5. The molecule has 0 amide bonds. The van der Waals surface area contributed by atoms with Crippen LogP contribution in [0.1, 0.15) is 0 Å². The maximum atomic E-state index is 15.6. The van der Waals surface area contributed by atoms with Crippen LogP contribution in [-0.4, -0.2) is 0 Å². The highest BCUT2D eigenvalue weighted by Gasteiger charge is 2.32. The molecule has 0 heterocycles. The highest BCUT2D eigenvalue weighted by atomic mass is 31.2. The van der Waals surface area contributed by atoms with Gasteiger partial charge in [0, 0.05) is 15.9 Å². The Morgan fingerprint density at radius 3 is 1.57 bits per heavy atom. The Labute approximate surface area is 267 Å². The molecule has 0 aliphatic rings. The first kappa shape index (κ1) is 26.9. The molecule has 0 aromatic heterocycles. The minimum atomic E-state index is -3.20. The van der Waals surface area contributed by atoms with Crippen LogP contribution in [0.3, 0.4) is 0 Å². The summed E-state index contributed by atoms with van der Waals surface area (Å²) in [6.07, 6.45) is 0. The summed E-state index contributed by atoms with van der Waals surface area (Å²) in [6.45, 7) is 0. The van der Waals surface area contributed by atoms with Gasteiger partial charge in [0.1, 0.15) is 0 Å². The molecule has 0 saturated carbocycles. The van der Waals surface area contributed by atoms with E-state index in [9.17, 15) is 0 Å². The number of fused-ring (bicyclic) bond motifs is 7. The van der Waals surface area contributed by atoms with Gasteiger partial charge in [-0.2, -0.15) is 0 Å². The van der Waals surface area contributed by atoms with Crippen molar-refractivity contribution in [2.24, 2.45) is 0 Å². The van der Waals surface area contributed by atoms with Crippen molar-refractivity contribution in [1.82, 2.24) is 0 Å². The minimum Gasteiger partial charge on any atom is -0.309 e. The Morgan fingerprint density at radius 2 is 0.870 bits per heavy atom. The van der Waals surface area contributed by atoms with E-state index in [1.54, 1.807) is 0 Å². The van der Waals surface area contributed by atoms with E-state index in [1.165, 1.54) is 48.7 Å². The van der Waals surface area contributed by atoms with E-state index < -0.39 is 7.14 Å². The predicted molar refractivity (Wildman–Crippen MR) is 199 cm³/mol. The predicted octanol–water partition coefficient (Wildman–Crippen LogP) is 10.8. The molecule has 0 atom stereocenters. The lowest BCUT2D eigenvalue weighted by molar-refractivity contribution is 0.592. The van der Waals surface area contributed by atoms with Gasteiger partial charge in [-0.05, 0) is 77.1 Å². The van der Waals surface area contributed by atoms with Gasteiger partial charge in [-0.15, -0.1) is 0 Å². The first-order valence-electron chi connectivity index (χ1n) is 15.7. The second kappa shape index (κ2) is 10.6. The Hall–Kier alpha value is -5.49. The van der Waals surface area contributed by atoms with Gasteiger partial charge in [-0.25, -0.2) is 0 Å². The van der Waals surface area contributed by atoms with Crippen molar-refractivity contribution in [3.05, 3.63) is 176 Å². The monoisotopic (exact) mass is 604 g/mol. The van der Waals surface area contributed by atoms with Crippen LogP contribution >= 0.6 is 7.14 Å². The van der Waals surface area contributed by atoms with Crippen molar-refractivity contribution >= 4 is 76.9 Å². The molecule has 0 aliphatic carbocycles. The highest BCUT2D eigenvalue weighted by molar-refractivity contribution is 7.85. The molecule has 1 nitrogen and oxygen atoms in total. The highest BCUT2D eigenvalue weighted by Crippen LogP contribution is 2.48. The van der Waals surface area contributed by atoms with Crippen LogP contribution in [0.25, 0.3) is 65.0 Å². The van der Waals surface area contributed by atoms with Gasteiger partial charge in [0.05, 0.1) is 0 Å². The van der Waals surface area contributed by atoms with Gasteiger partial charge in [-0.1, -0.05) is 164 Å². The van der Waals surface area contributed by atoms with E-state index in [4.69, 9.17) is 0 Å². The van der Waals surface area contributed by atoms with Gasteiger partial charge in [0.25, 0.3) is 0 Å². The fourth-order valence-corrected chi connectivity index (χ4v) is 10.3. The smallest absolute Gasteiger partial charge is 0.171 e. The van der Waals surface area contributed by atoms with Crippen molar-refractivity contribution in [2.45, 2.75) is 0 Å². The first-order chi connectivity index (χ1) is 22.7. The molecule has 2 heteroatoms. The summed E-state index contributed by atoms with van der Waals surface area (Å²) in [6, 6.07) is 61.5. The fraction of sp³-hybridized carbons (Fsp3) is 0. The van der Waals surface area contributed by atoms with Crippen molar-refractivity contribution in [2.75, 3.05) is 0 Å². The third kappa shape index (κ3) is 3.99. The lowest BCUT2D eigenvalue weighted by Gasteiger charge is -2.23. The second-order valence-electron chi connectivity index (χ2n) is 12.0. The van der Waals surface area contributed by atoms with Gasteiger partial charge in [-0.3, -0.25) is 0 Å². The molecule has 0 aliphatic heterocycles. The van der Waals surface area contributed by atoms with E-state index in [2.05, 4.69) is 115 Å². The molecule has 0 saturated heterocycles. The topological polar surface area (TPSA) is 17.1 Å². The summed E-state index contributed by atoms with van der Waals surface area (Å²) in [4.78, 5) is 0. The fourth-order valence-electron chi connectivity index (χ4n) is 7.41. The van der Waals surface area contributed by atoms with Crippen molar-refractivity contribution < 1.29 is 4.57 Å². The molecular weight excluding hydrogens is 575 g/mol. The van der Waals surface area contributed by atoms with E-state index in [1.807, 2.05) is 60.7 Å². The average molecular weight is 605 g/mol. The summed E-state index contributed by atoms with van der Waals surface area (Å²) in [5.74, 6) is 0. The quantitative estimate of drug-likeness (QED) is 0.111. The summed E-state index contributed by atoms with van der Waals surface area (Å²) in [7, 11) is -3.20. The van der Waals surface area contributed by atoms with Crippen molar-refractivity contribution in [1.29, 1.82) is 0 Å². The molecule has 216 valence electrons. The molecule has 9 aromatic carbocycles. The van der Waals surface area contributed by atoms with Crippen LogP contribution in [0.5, 0.6) is 0 Å². The number of hydrogen-bond donors (Lipinski definition) is 0. The normalized spacial score (nSPS) is 12.0. The zero-order valence-electron chi connectivity index (χ0n) is 25.1. The van der Waals surface area contributed by atoms with Gasteiger partial charge >= 0.3 is 0 Å². The maximum Gasteiger partial charge on any atom is 0.171 e. The Morgan fingerprint density at radius 1 is 0.348 bits per heavy atom. The van der Waals surface area contributed by atoms with Crippen LogP contribution in [0.4, 0.5) is 0 Å². The maximum absolute atomic E-state index is 15.6. The van der Waals surface area contributed by atoms with Crippen molar-refractivity contribution in [3.63, 3.8) is 0 Å². The molecule has 0 bridgehead atoms. The van der Waals surface area contributed by atoms with E-state index in [-0.39, 0.29) is 0 Å². The lowest BCUT2D eigenvalue weighted by Crippen LogP contribution is -2.25. The molecule has 0 radical (unpaired) electrons. The molecule has 0 spiro atoms. The first-order valence-corrected chi connectivity index (χ1v) is 17.4. The van der Waals surface area contributed by atoms with E-state index >= 15 is 4.57 Å². The second-order valence-corrected chi connectivity index (χ2v) is 14.7. The third-order valence-corrected chi connectivity index (χ3v) is 12.6. The molecule has 9 rings (SSSR count). The van der Waals surface area contributed by atoms with Crippen molar-refractivity contribution in [3.8, 4) is 11.1 Å². The van der Waals surface area contributed by atoms with Gasteiger partial charge in [0.2, 0.25) is 0 Å². The number of hydrogen-bond acceptors (Lipinski definition) is 1. The van der Waals surface area contributed by atoms with Crippen LogP contribution < -0.4 is 15.9 Å². The Bertz CT molecular complexity index is 2610. The largest absolute Gasteiger partial charge is 0.309 e. The molecule has 0 unspecified atom stereocenters. The summed E-state index contributed by atoms with van der Waals surface area (Å²) < 4.78 is 15.6. The van der Waals surface area contributed by atoms with Crippen LogP contribution in [0.2, 0.25) is 0 Å². The number of rotatable bonds is 4. The van der Waals surface area contributed by atoms with Crippen LogP contribution in [0.15, 0.2) is 176 Å². The third-order valence-electron chi connectivity index (χ3n) is 9.50. The van der Waals surface area contributed by atoms with Gasteiger partial charge in [0.15, 0.2) is 7.14 Å². The molecule has 0 fully saturated rings. The Kier molecular flexibility index (Phi) is 6.17. The van der Waals surface area contributed by atoms with E-state index in [0.717, 1.165) is 32.2 Å².